The Morgan fingerprint density at radius 3 is 2.51 bits per heavy atom. The molecule has 35 heavy (non-hydrogen) atoms. The minimum Gasteiger partial charge on any atom is -0.462 e. The van der Waals surface area contributed by atoms with Crippen LogP contribution >= 0.6 is 0 Å². The molecule has 2 aromatic rings. The van der Waals surface area contributed by atoms with Gasteiger partial charge >= 0.3 is 5.97 Å². The number of rotatable bonds is 4. The minimum atomic E-state index is -1.64. The van der Waals surface area contributed by atoms with Crippen molar-refractivity contribution in [2.45, 2.75) is 51.4 Å². The molecule has 1 atom stereocenters. The van der Waals surface area contributed by atoms with Crippen LogP contribution in [0, 0.1) is 0 Å². The SMILES string of the molecule is CCOC(=O)C1=C(N)N(c2ccc(C(C)C)cc2)C2=C(C(=O)CCC2)C12C(=O)Nc1ccccc12. The second kappa shape index (κ2) is 8.41. The van der Waals surface area contributed by atoms with Crippen LogP contribution in [0.4, 0.5) is 11.4 Å². The van der Waals surface area contributed by atoms with Gasteiger partial charge in [0.1, 0.15) is 16.8 Å². The molecule has 0 saturated heterocycles. The number of hydrogen-bond acceptors (Lipinski definition) is 6. The van der Waals surface area contributed by atoms with Crippen LogP contribution in [0.15, 0.2) is 71.2 Å². The van der Waals surface area contributed by atoms with Crippen molar-refractivity contribution in [2.24, 2.45) is 5.73 Å². The van der Waals surface area contributed by atoms with E-state index in [-0.39, 0.29) is 23.8 Å². The summed E-state index contributed by atoms with van der Waals surface area (Å²) in [7, 11) is 0. The first kappa shape index (κ1) is 22.9. The van der Waals surface area contributed by atoms with Gasteiger partial charge in [-0.1, -0.05) is 44.2 Å². The third-order valence-corrected chi connectivity index (χ3v) is 7.12. The van der Waals surface area contributed by atoms with Crippen molar-refractivity contribution in [3.8, 4) is 0 Å². The van der Waals surface area contributed by atoms with Gasteiger partial charge in [0.25, 0.3) is 0 Å². The molecule has 3 aliphatic rings. The zero-order chi connectivity index (χ0) is 24.9. The van der Waals surface area contributed by atoms with Crippen LogP contribution in [0.5, 0.6) is 0 Å². The highest BCUT2D eigenvalue weighted by atomic mass is 16.5. The molecule has 1 spiro atoms. The van der Waals surface area contributed by atoms with Crippen LogP contribution in [0.25, 0.3) is 0 Å². The Kier molecular flexibility index (Phi) is 5.50. The fraction of sp³-hybridized carbons (Fsp3) is 0.321. The number of carbonyl (C=O) groups is 3. The van der Waals surface area contributed by atoms with Crippen LogP contribution < -0.4 is 16.0 Å². The predicted octanol–water partition coefficient (Wildman–Crippen LogP) is 4.26. The van der Waals surface area contributed by atoms with Crippen molar-refractivity contribution in [1.29, 1.82) is 0 Å². The quantitative estimate of drug-likeness (QED) is 0.646. The molecule has 2 aliphatic heterocycles. The summed E-state index contributed by atoms with van der Waals surface area (Å²) in [4.78, 5) is 42.7. The summed E-state index contributed by atoms with van der Waals surface area (Å²) in [6, 6.07) is 15.1. The summed E-state index contributed by atoms with van der Waals surface area (Å²) in [5.74, 6) is -0.855. The summed E-state index contributed by atoms with van der Waals surface area (Å²) >= 11 is 0. The van der Waals surface area contributed by atoms with Gasteiger partial charge in [-0.15, -0.1) is 0 Å². The molecule has 1 amide bonds. The molecule has 7 nitrogen and oxygen atoms in total. The van der Waals surface area contributed by atoms with Gasteiger partial charge in [-0.05, 0) is 49.4 Å². The van der Waals surface area contributed by atoms with E-state index in [0.29, 0.717) is 47.7 Å². The molecule has 2 heterocycles. The van der Waals surface area contributed by atoms with E-state index in [2.05, 4.69) is 19.2 Å². The normalized spacial score (nSPS) is 21.4. The number of fused-ring (bicyclic) bond motifs is 3. The van der Waals surface area contributed by atoms with Gasteiger partial charge in [-0.3, -0.25) is 14.5 Å². The molecule has 1 aliphatic carbocycles. The number of Topliss-reactive ketones (excluding diaryl/α,β-unsaturated/α-hetero) is 1. The van der Waals surface area contributed by atoms with E-state index in [1.165, 1.54) is 0 Å². The lowest BCUT2D eigenvalue weighted by molar-refractivity contribution is -0.140. The first-order valence-corrected chi connectivity index (χ1v) is 12.1. The smallest absolute Gasteiger partial charge is 0.339 e. The van der Waals surface area contributed by atoms with Gasteiger partial charge in [0.05, 0.1) is 6.61 Å². The van der Waals surface area contributed by atoms with Gasteiger partial charge in [0.2, 0.25) is 5.91 Å². The Morgan fingerprint density at radius 1 is 1.11 bits per heavy atom. The Labute approximate surface area is 204 Å². The van der Waals surface area contributed by atoms with E-state index in [0.717, 1.165) is 11.3 Å². The molecular formula is C28H29N3O4. The van der Waals surface area contributed by atoms with Crippen molar-refractivity contribution < 1.29 is 19.1 Å². The second-order valence-electron chi connectivity index (χ2n) is 9.41. The minimum absolute atomic E-state index is 0.0104. The topological polar surface area (TPSA) is 102 Å². The number of hydrogen-bond donors (Lipinski definition) is 2. The maximum absolute atomic E-state index is 13.8. The number of esters is 1. The molecular weight excluding hydrogens is 442 g/mol. The van der Waals surface area contributed by atoms with Crippen molar-refractivity contribution in [3.63, 3.8) is 0 Å². The molecule has 2 aromatic carbocycles. The fourth-order valence-corrected chi connectivity index (χ4v) is 5.57. The van der Waals surface area contributed by atoms with Crippen LogP contribution in [0.3, 0.4) is 0 Å². The summed E-state index contributed by atoms with van der Waals surface area (Å²) in [6.07, 6.45) is 1.49. The molecule has 1 unspecified atom stereocenters. The summed E-state index contributed by atoms with van der Waals surface area (Å²) in [5, 5.41) is 2.89. The van der Waals surface area contributed by atoms with Crippen molar-refractivity contribution in [1.82, 2.24) is 0 Å². The summed E-state index contributed by atoms with van der Waals surface area (Å²) < 4.78 is 5.43. The largest absolute Gasteiger partial charge is 0.462 e. The van der Waals surface area contributed by atoms with Gasteiger partial charge in [0, 0.05) is 34.6 Å². The molecule has 0 radical (unpaired) electrons. The number of anilines is 2. The molecule has 5 rings (SSSR count). The maximum atomic E-state index is 13.8. The van der Waals surface area contributed by atoms with Crippen LogP contribution in [-0.4, -0.2) is 24.3 Å². The number of ether oxygens (including phenoxy) is 1. The highest BCUT2D eigenvalue weighted by Crippen LogP contribution is 2.55. The van der Waals surface area contributed by atoms with E-state index in [1.54, 1.807) is 36.1 Å². The van der Waals surface area contributed by atoms with Crippen LogP contribution in [-0.2, 0) is 24.5 Å². The Hall–Kier alpha value is -3.87. The van der Waals surface area contributed by atoms with Gasteiger partial charge in [-0.2, -0.15) is 0 Å². The predicted molar refractivity (Wildman–Crippen MR) is 133 cm³/mol. The summed E-state index contributed by atoms with van der Waals surface area (Å²) in [5.41, 5.74) is 9.12. The highest BCUT2D eigenvalue weighted by Gasteiger charge is 2.61. The first-order chi connectivity index (χ1) is 16.8. The van der Waals surface area contributed by atoms with Crippen molar-refractivity contribution >= 4 is 29.0 Å². The zero-order valence-corrected chi connectivity index (χ0v) is 20.2. The molecule has 180 valence electrons. The Bertz CT molecular complexity index is 1310. The fourth-order valence-electron chi connectivity index (χ4n) is 5.57. The number of allylic oxidation sites excluding steroid dienone is 1. The number of nitrogens with two attached hydrogens (primary N) is 1. The lowest BCUT2D eigenvalue weighted by Crippen LogP contribution is -2.53. The van der Waals surface area contributed by atoms with Crippen molar-refractivity contribution in [2.75, 3.05) is 16.8 Å². The monoisotopic (exact) mass is 471 g/mol. The summed E-state index contributed by atoms with van der Waals surface area (Å²) in [6.45, 7) is 6.04. The number of benzene rings is 2. The van der Waals surface area contributed by atoms with Gasteiger partial charge < -0.3 is 15.8 Å². The standard InChI is InChI=1S/C28H29N3O4/c1-4-35-26(33)24-25(29)31(18-14-12-17(13-15-18)16(2)3)21-10-7-11-22(32)23(21)28(24)19-8-5-6-9-20(19)30-27(28)34/h5-6,8-9,12-16H,4,7,10-11,29H2,1-3H3,(H,30,34). The lowest BCUT2D eigenvalue weighted by Gasteiger charge is -2.44. The number of nitrogens with one attached hydrogen (secondary N) is 1. The van der Waals surface area contributed by atoms with E-state index >= 15 is 0 Å². The van der Waals surface area contributed by atoms with Crippen LogP contribution in [0.2, 0.25) is 0 Å². The molecule has 0 bridgehead atoms. The number of nitrogens with zero attached hydrogens (tertiary/aromatic N) is 1. The average molecular weight is 472 g/mol. The van der Waals surface area contributed by atoms with Crippen molar-refractivity contribution in [3.05, 3.63) is 82.3 Å². The number of para-hydroxylation sites is 1. The number of amides is 1. The van der Waals surface area contributed by atoms with E-state index in [9.17, 15) is 14.4 Å². The van der Waals surface area contributed by atoms with Crippen LogP contribution in [0.1, 0.15) is 57.1 Å². The number of carbonyl (C=O) groups excluding carboxylic acids is 3. The Balaban J connectivity index is 1.84. The molecule has 3 N–H and O–H groups in total. The highest BCUT2D eigenvalue weighted by molar-refractivity contribution is 6.23. The zero-order valence-electron chi connectivity index (χ0n) is 20.2. The second-order valence-corrected chi connectivity index (χ2v) is 9.41. The molecule has 0 aromatic heterocycles. The third kappa shape index (κ3) is 3.21. The van der Waals surface area contributed by atoms with E-state index in [4.69, 9.17) is 10.5 Å². The Morgan fingerprint density at radius 2 is 1.83 bits per heavy atom. The third-order valence-electron chi connectivity index (χ3n) is 7.12. The lowest BCUT2D eigenvalue weighted by atomic mass is 9.63. The van der Waals surface area contributed by atoms with Gasteiger partial charge in [-0.25, -0.2) is 4.79 Å². The first-order valence-electron chi connectivity index (χ1n) is 12.1. The molecule has 0 saturated carbocycles. The average Bonchev–Trinajstić information content (AvgIpc) is 3.11. The van der Waals surface area contributed by atoms with Gasteiger partial charge in [0.15, 0.2) is 5.78 Å². The molecule has 0 fully saturated rings. The molecule has 7 heteroatoms. The van der Waals surface area contributed by atoms with E-state index < -0.39 is 17.3 Å². The number of ketones is 1. The maximum Gasteiger partial charge on any atom is 0.339 e. The van der Waals surface area contributed by atoms with E-state index in [1.807, 2.05) is 24.3 Å².